The smallest absolute Gasteiger partial charge is 0.193 e. The quantitative estimate of drug-likeness (QED) is 0.517. The largest absolute Gasteiger partial charge is 0.496 e. The van der Waals surface area contributed by atoms with E-state index in [1.54, 1.807) is 19.2 Å². The SMILES string of the molecule is COc1c(OCc2ccccc2)cc(OC)c2c(=O)cc(-c3ccccc3)[nH]c12. The van der Waals surface area contributed by atoms with Crippen molar-refractivity contribution in [2.75, 3.05) is 14.2 Å². The molecule has 146 valence electrons. The van der Waals surface area contributed by atoms with Gasteiger partial charge in [-0.1, -0.05) is 60.7 Å². The normalized spacial score (nSPS) is 10.7. The van der Waals surface area contributed by atoms with Crippen LogP contribution in [0, 0.1) is 0 Å². The molecule has 1 heterocycles. The lowest BCUT2D eigenvalue weighted by molar-refractivity contribution is 0.284. The number of aromatic nitrogens is 1. The molecule has 0 bridgehead atoms. The molecule has 1 N–H and O–H groups in total. The van der Waals surface area contributed by atoms with Crippen molar-refractivity contribution in [1.29, 1.82) is 0 Å². The summed E-state index contributed by atoms with van der Waals surface area (Å²) in [6.07, 6.45) is 0. The molecule has 4 rings (SSSR count). The van der Waals surface area contributed by atoms with Crippen LogP contribution in [-0.4, -0.2) is 19.2 Å². The molecule has 5 heteroatoms. The van der Waals surface area contributed by atoms with E-state index in [-0.39, 0.29) is 5.43 Å². The first-order chi connectivity index (χ1) is 14.2. The molecule has 0 atom stereocenters. The van der Waals surface area contributed by atoms with Crippen molar-refractivity contribution >= 4 is 10.9 Å². The molecule has 0 fully saturated rings. The summed E-state index contributed by atoms with van der Waals surface area (Å²) in [5, 5.41) is 0.427. The molecule has 1 aromatic heterocycles. The summed E-state index contributed by atoms with van der Waals surface area (Å²) in [5.74, 6) is 1.40. The van der Waals surface area contributed by atoms with Crippen LogP contribution in [0.5, 0.6) is 17.2 Å². The third-order valence-electron chi connectivity index (χ3n) is 4.74. The number of hydrogen-bond acceptors (Lipinski definition) is 4. The molecule has 0 radical (unpaired) electrons. The number of H-pyrrole nitrogens is 1. The maximum atomic E-state index is 12.9. The first-order valence-corrected chi connectivity index (χ1v) is 9.25. The van der Waals surface area contributed by atoms with Crippen LogP contribution in [0.3, 0.4) is 0 Å². The highest BCUT2D eigenvalue weighted by Gasteiger charge is 2.19. The predicted molar refractivity (Wildman–Crippen MR) is 114 cm³/mol. The Balaban J connectivity index is 1.87. The Hall–Kier alpha value is -3.73. The third-order valence-corrected chi connectivity index (χ3v) is 4.74. The lowest BCUT2D eigenvalue weighted by atomic mass is 10.1. The van der Waals surface area contributed by atoms with Crippen molar-refractivity contribution in [2.24, 2.45) is 0 Å². The standard InChI is InChI=1S/C24H21NO4/c1-27-20-14-21(29-15-16-9-5-3-6-10-16)24(28-2)23-22(20)19(26)13-18(25-23)17-11-7-4-8-12-17/h3-14H,15H2,1-2H3,(H,25,26). The average Bonchev–Trinajstić information content (AvgIpc) is 2.78. The molecular formula is C24H21NO4. The highest BCUT2D eigenvalue weighted by Crippen LogP contribution is 2.40. The predicted octanol–water partition coefficient (Wildman–Crippen LogP) is 4.79. The van der Waals surface area contributed by atoms with Crippen LogP contribution in [0.1, 0.15) is 5.56 Å². The minimum absolute atomic E-state index is 0.151. The van der Waals surface area contributed by atoms with Crippen LogP contribution >= 0.6 is 0 Å². The maximum Gasteiger partial charge on any atom is 0.193 e. The van der Waals surface area contributed by atoms with E-state index in [2.05, 4.69) is 4.98 Å². The zero-order valence-electron chi connectivity index (χ0n) is 16.3. The summed E-state index contributed by atoms with van der Waals surface area (Å²) in [7, 11) is 3.09. The summed E-state index contributed by atoms with van der Waals surface area (Å²) >= 11 is 0. The number of pyridine rings is 1. The first kappa shape index (κ1) is 18.6. The second kappa shape index (κ2) is 8.10. The summed E-state index contributed by atoms with van der Waals surface area (Å²) in [4.78, 5) is 16.2. The zero-order chi connectivity index (χ0) is 20.2. The lowest BCUT2D eigenvalue weighted by Gasteiger charge is -2.16. The summed E-state index contributed by atoms with van der Waals surface area (Å²) < 4.78 is 17.2. The van der Waals surface area contributed by atoms with E-state index in [1.807, 2.05) is 60.7 Å². The molecule has 0 aliphatic rings. The Morgan fingerprint density at radius 3 is 2.17 bits per heavy atom. The third kappa shape index (κ3) is 3.67. The summed E-state index contributed by atoms with van der Waals surface area (Å²) in [6, 6.07) is 22.8. The Kier molecular flexibility index (Phi) is 5.20. The van der Waals surface area contributed by atoms with E-state index in [9.17, 15) is 4.79 Å². The fourth-order valence-electron chi connectivity index (χ4n) is 3.33. The average molecular weight is 387 g/mol. The molecule has 0 saturated heterocycles. The van der Waals surface area contributed by atoms with Gasteiger partial charge in [0.05, 0.1) is 19.6 Å². The minimum Gasteiger partial charge on any atom is -0.496 e. The molecule has 0 aliphatic heterocycles. The second-order valence-electron chi connectivity index (χ2n) is 6.55. The number of rotatable bonds is 6. The second-order valence-corrected chi connectivity index (χ2v) is 6.55. The molecule has 29 heavy (non-hydrogen) atoms. The molecule has 0 unspecified atom stereocenters. The zero-order valence-corrected chi connectivity index (χ0v) is 16.3. The van der Waals surface area contributed by atoms with Gasteiger partial charge in [0.2, 0.25) is 0 Å². The topological polar surface area (TPSA) is 60.6 Å². The number of aromatic amines is 1. The van der Waals surface area contributed by atoms with Gasteiger partial charge >= 0.3 is 0 Å². The van der Waals surface area contributed by atoms with Gasteiger partial charge in [0.15, 0.2) is 16.9 Å². The van der Waals surface area contributed by atoms with Crippen LogP contribution in [0.4, 0.5) is 0 Å². The van der Waals surface area contributed by atoms with Crippen molar-refractivity contribution in [1.82, 2.24) is 4.98 Å². The van der Waals surface area contributed by atoms with E-state index < -0.39 is 0 Å². The molecule has 3 aromatic carbocycles. The van der Waals surface area contributed by atoms with Crippen molar-refractivity contribution in [2.45, 2.75) is 6.61 Å². The van der Waals surface area contributed by atoms with Gasteiger partial charge < -0.3 is 19.2 Å². The molecular weight excluding hydrogens is 366 g/mol. The van der Waals surface area contributed by atoms with Crippen LogP contribution in [0.15, 0.2) is 77.6 Å². The number of hydrogen-bond donors (Lipinski definition) is 1. The number of nitrogens with one attached hydrogen (secondary N) is 1. The van der Waals surface area contributed by atoms with Crippen LogP contribution in [0.25, 0.3) is 22.2 Å². The molecule has 0 saturated carbocycles. The Bertz CT molecular complexity index is 1180. The van der Waals surface area contributed by atoms with Gasteiger partial charge in [0.25, 0.3) is 0 Å². The summed E-state index contributed by atoms with van der Waals surface area (Å²) in [5.41, 5.74) is 3.02. The molecule has 0 aliphatic carbocycles. The Morgan fingerprint density at radius 1 is 0.828 bits per heavy atom. The molecule has 4 aromatic rings. The van der Waals surface area contributed by atoms with Crippen LogP contribution in [-0.2, 0) is 6.61 Å². The van der Waals surface area contributed by atoms with Gasteiger partial charge in [-0.2, -0.15) is 0 Å². The van der Waals surface area contributed by atoms with Crippen molar-refractivity contribution in [3.05, 3.63) is 88.6 Å². The van der Waals surface area contributed by atoms with Crippen molar-refractivity contribution in [3.8, 4) is 28.5 Å². The van der Waals surface area contributed by atoms with E-state index >= 15 is 0 Å². The van der Waals surface area contributed by atoms with E-state index in [4.69, 9.17) is 14.2 Å². The first-order valence-electron chi connectivity index (χ1n) is 9.25. The number of benzene rings is 3. The molecule has 5 nitrogen and oxygen atoms in total. The van der Waals surface area contributed by atoms with Crippen molar-refractivity contribution in [3.63, 3.8) is 0 Å². The van der Waals surface area contributed by atoms with Crippen molar-refractivity contribution < 1.29 is 14.2 Å². The van der Waals surface area contributed by atoms with Gasteiger partial charge in [-0.15, -0.1) is 0 Å². The Morgan fingerprint density at radius 2 is 1.52 bits per heavy atom. The monoisotopic (exact) mass is 387 g/mol. The molecule has 0 amide bonds. The molecule has 0 spiro atoms. The maximum absolute atomic E-state index is 12.9. The van der Waals surface area contributed by atoms with Gasteiger partial charge in [0, 0.05) is 17.8 Å². The van der Waals surface area contributed by atoms with Crippen LogP contribution in [0.2, 0.25) is 0 Å². The van der Waals surface area contributed by atoms with Gasteiger partial charge in [-0.25, -0.2) is 0 Å². The fourth-order valence-corrected chi connectivity index (χ4v) is 3.33. The van der Waals surface area contributed by atoms with Gasteiger partial charge in [0.1, 0.15) is 17.9 Å². The van der Waals surface area contributed by atoms with Gasteiger partial charge in [-0.05, 0) is 11.1 Å². The number of ether oxygens (including phenoxy) is 3. The minimum atomic E-state index is -0.151. The van der Waals surface area contributed by atoms with E-state index in [1.165, 1.54) is 7.11 Å². The van der Waals surface area contributed by atoms with Crippen LogP contribution < -0.4 is 19.6 Å². The fraction of sp³-hybridized carbons (Fsp3) is 0.125. The Labute approximate surface area is 168 Å². The number of methoxy groups -OCH3 is 2. The van der Waals surface area contributed by atoms with E-state index in [0.29, 0.717) is 40.5 Å². The van der Waals surface area contributed by atoms with Gasteiger partial charge in [-0.3, -0.25) is 4.79 Å². The highest BCUT2D eigenvalue weighted by molar-refractivity contribution is 5.94. The number of fused-ring (bicyclic) bond motifs is 1. The highest BCUT2D eigenvalue weighted by atomic mass is 16.5. The summed E-state index contributed by atoms with van der Waals surface area (Å²) in [6.45, 7) is 0.370. The van der Waals surface area contributed by atoms with E-state index in [0.717, 1.165) is 11.1 Å². The lowest BCUT2D eigenvalue weighted by Crippen LogP contribution is -2.08.